The van der Waals surface area contributed by atoms with E-state index >= 15 is 0 Å². The highest BCUT2D eigenvalue weighted by Crippen LogP contribution is 2.15. The fourth-order valence-electron chi connectivity index (χ4n) is 1.32. The number of alkyl halides is 3. The number of hydrogen-bond acceptors (Lipinski definition) is 3. The van der Waals surface area contributed by atoms with Gasteiger partial charge in [0.2, 0.25) is 5.91 Å². The van der Waals surface area contributed by atoms with Gasteiger partial charge in [0.25, 0.3) is 0 Å². The van der Waals surface area contributed by atoms with Crippen LogP contribution in [-0.4, -0.2) is 39.3 Å². The third-order valence-corrected chi connectivity index (χ3v) is 2.32. The van der Waals surface area contributed by atoms with Crippen LogP contribution < -0.4 is 15.5 Å². The van der Waals surface area contributed by atoms with Crippen molar-refractivity contribution in [1.82, 2.24) is 5.32 Å². The van der Waals surface area contributed by atoms with Crippen LogP contribution in [0.2, 0.25) is 0 Å². The van der Waals surface area contributed by atoms with Gasteiger partial charge < -0.3 is 15.5 Å². The summed E-state index contributed by atoms with van der Waals surface area (Å²) >= 11 is 0. The lowest BCUT2D eigenvalue weighted by atomic mass is 10.2. The first-order valence-electron chi connectivity index (χ1n) is 5.62. The molecule has 1 aromatic carbocycles. The van der Waals surface area contributed by atoms with Gasteiger partial charge in [0, 0.05) is 25.5 Å². The van der Waals surface area contributed by atoms with Crippen LogP contribution in [0.4, 0.5) is 24.5 Å². The standard InChI is InChI=1S/C12H16F3N3O/c1-18(2)10-5-3-9(4-6-10)16-7-11(19)17-8-12(13,14)15/h3-6,16H,7-8H2,1-2H3,(H,17,19). The second-order valence-electron chi connectivity index (χ2n) is 4.19. The summed E-state index contributed by atoms with van der Waals surface area (Å²) in [6.07, 6.45) is -4.39. The molecule has 0 bridgehead atoms. The van der Waals surface area contributed by atoms with Gasteiger partial charge in [-0.15, -0.1) is 0 Å². The summed E-state index contributed by atoms with van der Waals surface area (Å²) in [6, 6.07) is 7.20. The van der Waals surface area contributed by atoms with E-state index in [1.807, 2.05) is 31.1 Å². The van der Waals surface area contributed by atoms with Crippen LogP contribution in [-0.2, 0) is 4.79 Å². The van der Waals surface area contributed by atoms with E-state index in [2.05, 4.69) is 5.32 Å². The maximum atomic E-state index is 11.9. The zero-order valence-corrected chi connectivity index (χ0v) is 10.7. The lowest BCUT2D eigenvalue weighted by molar-refractivity contribution is -0.137. The van der Waals surface area contributed by atoms with Crippen molar-refractivity contribution >= 4 is 17.3 Å². The Morgan fingerprint density at radius 2 is 1.79 bits per heavy atom. The summed E-state index contributed by atoms with van der Waals surface area (Å²) in [5, 5.41) is 4.54. The molecule has 0 unspecified atom stereocenters. The van der Waals surface area contributed by atoms with Crippen LogP contribution in [0, 0.1) is 0 Å². The lowest BCUT2D eigenvalue weighted by Crippen LogP contribution is -2.37. The summed E-state index contributed by atoms with van der Waals surface area (Å²) in [6.45, 7) is -1.51. The Balaban J connectivity index is 2.38. The Hall–Kier alpha value is -1.92. The second-order valence-corrected chi connectivity index (χ2v) is 4.19. The molecular formula is C12H16F3N3O. The zero-order valence-electron chi connectivity index (χ0n) is 10.7. The second kappa shape index (κ2) is 6.31. The van der Waals surface area contributed by atoms with Crippen molar-refractivity contribution in [2.75, 3.05) is 37.4 Å². The average molecular weight is 275 g/mol. The molecule has 0 radical (unpaired) electrons. The first kappa shape index (κ1) is 15.1. The lowest BCUT2D eigenvalue weighted by Gasteiger charge is -2.13. The molecular weight excluding hydrogens is 259 g/mol. The highest BCUT2D eigenvalue weighted by Gasteiger charge is 2.27. The number of rotatable bonds is 5. The summed E-state index contributed by atoms with van der Waals surface area (Å²) in [7, 11) is 3.79. The quantitative estimate of drug-likeness (QED) is 0.862. The third-order valence-electron chi connectivity index (χ3n) is 2.32. The van der Waals surface area contributed by atoms with Crippen LogP contribution in [0.25, 0.3) is 0 Å². The molecule has 1 aromatic rings. The maximum Gasteiger partial charge on any atom is 0.405 e. The van der Waals surface area contributed by atoms with Crippen molar-refractivity contribution in [2.24, 2.45) is 0 Å². The summed E-state index contributed by atoms with van der Waals surface area (Å²) in [5.74, 6) is -0.700. The molecule has 0 aliphatic heterocycles. The maximum absolute atomic E-state index is 11.9. The van der Waals surface area contributed by atoms with E-state index in [0.29, 0.717) is 5.69 Å². The fraction of sp³-hybridized carbons (Fsp3) is 0.417. The Morgan fingerprint density at radius 3 is 2.26 bits per heavy atom. The van der Waals surface area contributed by atoms with Gasteiger partial charge in [-0.25, -0.2) is 0 Å². The summed E-state index contributed by atoms with van der Waals surface area (Å²) in [4.78, 5) is 13.1. The van der Waals surface area contributed by atoms with Crippen molar-refractivity contribution in [3.63, 3.8) is 0 Å². The highest BCUT2D eigenvalue weighted by molar-refractivity contribution is 5.80. The Labute approximate surface area is 109 Å². The third kappa shape index (κ3) is 5.98. The molecule has 0 atom stereocenters. The Morgan fingerprint density at radius 1 is 1.21 bits per heavy atom. The smallest absolute Gasteiger partial charge is 0.378 e. The van der Waals surface area contributed by atoms with Gasteiger partial charge in [-0.1, -0.05) is 0 Å². The number of benzene rings is 1. The van der Waals surface area contributed by atoms with E-state index in [9.17, 15) is 18.0 Å². The van der Waals surface area contributed by atoms with E-state index in [0.717, 1.165) is 5.69 Å². The number of carbonyl (C=O) groups excluding carboxylic acids is 1. The number of nitrogens with zero attached hydrogens (tertiary/aromatic N) is 1. The van der Waals surface area contributed by atoms with Crippen LogP contribution in [0.5, 0.6) is 0 Å². The normalized spacial score (nSPS) is 11.0. The number of hydrogen-bond donors (Lipinski definition) is 2. The molecule has 0 aliphatic rings. The van der Waals surface area contributed by atoms with E-state index in [4.69, 9.17) is 0 Å². The van der Waals surface area contributed by atoms with Crippen molar-refractivity contribution in [2.45, 2.75) is 6.18 Å². The van der Waals surface area contributed by atoms with Crippen molar-refractivity contribution < 1.29 is 18.0 Å². The number of amides is 1. The minimum Gasteiger partial charge on any atom is -0.378 e. The molecule has 0 aromatic heterocycles. The number of nitrogens with one attached hydrogen (secondary N) is 2. The number of anilines is 2. The molecule has 1 rings (SSSR count). The first-order valence-corrected chi connectivity index (χ1v) is 5.62. The molecule has 0 heterocycles. The molecule has 106 valence electrons. The van der Waals surface area contributed by atoms with Crippen LogP contribution in [0.15, 0.2) is 24.3 Å². The Bertz CT molecular complexity index is 415. The van der Waals surface area contributed by atoms with Gasteiger partial charge >= 0.3 is 6.18 Å². The molecule has 0 spiro atoms. The predicted octanol–water partition coefficient (Wildman–Crippen LogP) is 1.84. The van der Waals surface area contributed by atoms with E-state index in [1.165, 1.54) is 0 Å². The van der Waals surface area contributed by atoms with Crippen LogP contribution in [0.3, 0.4) is 0 Å². The topological polar surface area (TPSA) is 44.4 Å². The largest absolute Gasteiger partial charge is 0.405 e. The van der Waals surface area contributed by atoms with E-state index in [1.54, 1.807) is 17.4 Å². The number of carbonyl (C=O) groups is 1. The van der Waals surface area contributed by atoms with Crippen LogP contribution >= 0.6 is 0 Å². The van der Waals surface area contributed by atoms with Gasteiger partial charge in [0.1, 0.15) is 6.54 Å². The van der Waals surface area contributed by atoms with Gasteiger partial charge in [-0.3, -0.25) is 4.79 Å². The monoisotopic (exact) mass is 275 g/mol. The summed E-state index contributed by atoms with van der Waals surface area (Å²) in [5.41, 5.74) is 1.67. The SMILES string of the molecule is CN(C)c1ccc(NCC(=O)NCC(F)(F)F)cc1. The van der Waals surface area contributed by atoms with E-state index < -0.39 is 18.6 Å². The zero-order chi connectivity index (χ0) is 14.5. The van der Waals surface area contributed by atoms with Gasteiger partial charge in [-0.05, 0) is 24.3 Å². The summed E-state index contributed by atoms with van der Waals surface area (Å²) < 4.78 is 35.6. The van der Waals surface area contributed by atoms with E-state index in [-0.39, 0.29) is 6.54 Å². The molecule has 0 saturated heterocycles. The molecule has 0 aliphatic carbocycles. The van der Waals surface area contributed by atoms with Crippen molar-refractivity contribution in [1.29, 1.82) is 0 Å². The minimum atomic E-state index is -4.39. The fourth-order valence-corrected chi connectivity index (χ4v) is 1.32. The molecule has 0 saturated carbocycles. The molecule has 7 heteroatoms. The average Bonchev–Trinajstić information content (AvgIpc) is 2.33. The first-order chi connectivity index (χ1) is 8.78. The molecule has 19 heavy (non-hydrogen) atoms. The number of halogens is 3. The molecule has 1 amide bonds. The van der Waals surface area contributed by atoms with Gasteiger partial charge in [0.05, 0.1) is 6.54 Å². The molecule has 0 fully saturated rings. The van der Waals surface area contributed by atoms with Gasteiger partial charge in [-0.2, -0.15) is 13.2 Å². The van der Waals surface area contributed by atoms with Gasteiger partial charge in [0.15, 0.2) is 0 Å². The molecule has 2 N–H and O–H groups in total. The minimum absolute atomic E-state index is 0.197. The highest BCUT2D eigenvalue weighted by atomic mass is 19.4. The van der Waals surface area contributed by atoms with Crippen molar-refractivity contribution in [3.05, 3.63) is 24.3 Å². The predicted molar refractivity (Wildman–Crippen MR) is 68.3 cm³/mol. The van der Waals surface area contributed by atoms with Crippen LogP contribution in [0.1, 0.15) is 0 Å². The Kier molecular flexibility index (Phi) is 5.02. The molecule has 4 nitrogen and oxygen atoms in total. The van der Waals surface area contributed by atoms with Crippen molar-refractivity contribution in [3.8, 4) is 0 Å².